The summed E-state index contributed by atoms with van der Waals surface area (Å²) in [5.74, 6) is -2.59. The summed E-state index contributed by atoms with van der Waals surface area (Å²) < 4.78 is 13.2. The molecule has 0 atom stereocenters. The molecule has 10 heavy (non-hydrogen) atoms. The molecule has 0 aliphatic heterocycles. The van der Waals surface area contributed by atoms with Gasteiger partial charge in [-0.1, -0.05) is 0 Å². The van der Waals surface area contributed by atoms with E-state index in [4.69, 9.17) is 14.9 Å². The fourth-order valence-corrected chi connectivity index (χ4v) is 0.482. The van der Waals surface area contributed by atoms with Crippen LogP contribution in [0.4, 0.5) is 0 Å². The summed E-state index contributed by atoms with van der Waals surface area (Å²) in [5.41, 5.74) is 0. The molecule has 0 fully saturated rings. The molecule has 3 N–H and O–H groups in total. The van der Waals surface area contributed by atoms with Crippen molar-refractivity contribution in [3.8, 4) is 0 Å². The van der Waals surface area contributed by atoms with Gasteiger partial charge in [0.25, 0.3) is 0 Å². The van der Waals surface area contributed by atoms with Crippen molar-refractivity contribution in [2.24, 2.45) is 0 Å². The minimum absolute atomic E-state index is 1.05. The van der Waals surface area contributed by atoms with Crippen LogP contribution in [0.2, 0.25) is 0 Å². The molecule has 0 bridgehead atoms. The Morgan fingerprint density at radius 3 is 2.00 bits per heavy atom. The summed E-state index contributed by atoms with van der Waals surface area (Å²) in [7, 11) is -4.85. The monoisotopic (exact) mass is 168 g/mol. The SMILES string of the molecule is C=C(O)C(=O)OP(=O)(O)O. The molecule has 0 rings (SSSR count). The Labute approximate surface area is 56.0 Å². The van der Waals surface area contributed by atoms with Crippen molar-refractivity contribution >= 4 is 13.8 Å². The molecule has 6 nitrogen and oxygen atoms in total. The van der Waals surface area contributed by atoms with Gasteiger partial charge in [-0.05, 0) is 6.58 Å². The number of carbonyl (C=O) groups excluding carboxylic acids is 1. The minimum atomic E-state index is -4.85. The predicted octanol–water partition coefficient (Wildman–Crippen LogP) is -0.306. The molecule has 0 aliphatic carbocycles. The van der Waals surface area contributed by atoms with Crippen LogP contribution in [-0.2, 0) is 13.9 Å². The van der Waals surface area contributed by atoms with Crippen LogP contribution in [0, 0.1) is 0 Å². The molecule has 0 saturated heterocycles. The lowest BCUT2D eigenvalue weighted by atomic mass is 10.6. The highest BCUT2D eigenvalue weighted by atomic mass is 31.2. The third-order valence-corrected chi connectivity index (χ3v) is 0.841. The Bertz CT molecular complexity index is 201. The first-order valence-corrected chi connectivity index (χ1v) is 3.53. The maximum atomic E-state index is 10.1. The van der Waals surface area contributed by atoms with Gasteiger partial charge < -0.3 is 9.63 Å². The van der Waals surface area contributed by atoms with Crippen LogP contribution in [0.25, 0.3) is 0 Å². The molecule has 0 heterocycles. The Morgan fingerprint density at radius 1 is 1.50 bits per heavy atom. The van der Waals surface area contributed by atoms with Crippen molar-refractivity contribution in [3.05, 3.63) is 12.3 Å². The number of rotatable bonds is 2. The minimum Gasteiger partial charge on any atom is -0.502 e. The highest BCUT2D eigenvalue weighted by Gasteiger charge is 2.21. The van der Waals surface area contributed by atoms with Gasteiger partial charge in [0.05, 0.1) is 0 Å². The van der Waals surface area contributed by atoms with Crippen LogP contribution < -0.4 is 0 Å². The second-order valence-electron chi connectivity index (χ2n) is 1.32. The van der Waals surface area contributed by atoms with Gasteiger partial charge in [0, 0.05) is 0 Å². The van der Waals surface area contributed by atoms with Gasteiger partial charge in [-0.15, -0.1) is 0 Å². The predicted molar refractivity (Wildman–Crippen MR) is 29.9 cm³/mol. The van der Waals surface area contributed by atoms with Crippen LogP contribution >= 0.6 is 7.82 Å². The van der Waals surface area contributed by atoms with Crippen molar-refractivity contribution < 1.29 is 28.8 Å². The maximum absolute atomic E-state index is 10.1. The van der Waals surface area contributed by atoms with Crippen LogP contribution in [0.5, 0.6) is 0 Å². The molecule has 0 saturated carbocycles. The molecule has 7 heteroatoms. The summed E-state index contributed by atoms with van der Waals surface area (Å²) >= 11 is 0. The van der Waals surface area contributed by atoms with E-state index < -0.39 is 19.6 Å². The lowest BCUT2D eigenvalue weighted by Crippen LogP contribution is -2.03. The van der Waals surface area contributed by atoms with Gasteiger partial charge >= 0.3 is 13.8 Å². The molecule has 0 spiro atoms. The Balaban J connectivity index is 4.07. The van der Waals surface area contributed by atoms with Crippen molar-refractivity contribution in [2.45, 2.75) is 0 Å². The van der Waals surface area contributed by atoms with Crippen molar-refractivity contribution in [1.82, 2.24) is 0 Å². The topological polar surface area (TPSA) is 104 Å². The standard InChI is InChI=1S/C3H5O6P/c1-2(4)3(5)9-10(6,7)8/h4H,1H2,(H2,6,7,8). The van der Waals surface area contributed by atoms with E-state index in [9.17, 15) is 9.36 Å². The molecule has 0 aliphatic rings. The van der Waals surface area contributed by atoms with E-state index in [1.165, 1.54) is 0 Å². The smallest absolute Gasteiger partial charge is 0.502 e. The number of hydrogen-bond donors (Lipinski definition) is 3. The highest BCUT2D eigenvalue weighted by Crippen LogP contribution is 2.36. The molecule has 0 aromatic heterocycles. The van der Waals surface area contributed by atoms with Gasteiger partial charge in [-0.3, -0.25) is 9.79 Å². The van der Waals surface area contributed by atoms with Crippen molar-refractivity contribution in [2.75, 3.05) is 0 Å². The Morgan fingerprint density at radius 2 is 1.90 bits per heavy atom. The molecular weight excluding hydrogens is 163 g/mol. The number of phosphoric acid groups is 1. The van der Waals surface area contributed by atoms with Gasteiger partial charge in [-0.2, -0.15) is 0 Å². The lowest BCUT2D eigenvalue weighted by Gasteiger charge is -2.01. The summed E-state index contributed by atoms with van der Waals surface area (Å²) in [6.07, 6.45) is 0. The summed E-state index contributed by atoms with van der Waals surface area (Å²) in [6.45, 7) is 2.68. The van der Waals surface area contributed by atoms with E-state index in [1.54, 1.807) is 0 Å². The first-order valence-electron chi connectivity index (χ1n) is 2.00. The molecular formula is C3H5O6P. The second-order valence-corrected chi connectivity index (χ2v) is 2.48. The van der Waals surface area contributed by atoms with Gasteiger partial charge in [0.15, 0.2) is 5.76 Å². The average Bonchev–Trinajstić information content (AvgIpc) is 1.60. The molecule has 0 amide bonds. The van der Waals surface area contributed by atoms with Crippen LogP contribution in [0.1, 0.15) is 0 Å². The molecule has 58 valence electrons. The zero-order valence-electron chi connectivity index (χ0n) is 4.72. The van der Waals surface area contributed by atoms with E-state index in [-0.39, 0.29) is 0 Å². The molecule has 0 aromatic carbocycles. The van der Waals surface area contributed by atoms with Gasteiger partial charge in [0.1, 0.15) is 0 Å². The van der Waals surface area contributed by atoms with Crippen LogP contribution in [0.15, 0.2) is 12.3 Å². The van der Waals surface area contributed by atoms with Gasteiger partial charge in [0.2, 0.25) is 0 Å². The third-order valence-electron chi connectivity index (χ3n) is 0.437. The first kappa shape index (κ1) is 9.16. The third kappa shape index (κ3) is 4.08. The zero-order chi connectivity index (χ0) is 8.36. The number of phosphoric ester groups is 1. The van der Waals surface area contributed by atoms with Crippen LogP contribution in [-0.4, -0.2) is 20.9 Å². The quantitative estimate of drug-likeness (QED) is 0.297. The fourth-order valence-electron chi connectivity index (χ4n) is 0.161. The number of aliphatic hydroxyl groups is 1. The summed E-state index contributed by atoms with van der Waals surface area (Å²) in [6, 6.07) is 0. The number of aliphatic hydroxyl groups excluding tert-OH is 1. The van der Waals surface area contributed by atoms with E-state index in [0.717, 1.165) is 0 Å². The Kier molecular flexibility index (Phi) is 2.59. The van der Waals surface area contributed by atoms with Crippen molar-refractivity contribution in [3.63, 3.8) is 0 Å². The second kappa shape index (κ2) is 2.83. The normalized spacial score (nSPS) is 10.6. The summed E-state index contributed by atoms with van der Waals surface area (Å²) in [4.78, 5) is 26.0. The molecule has 0 radical (unpaired) electrons. The largest absolute Gasteiger partial charge is 0.527 e. The summed E-state index contributed by atoms with van der Waals surface area (Å²) in [5, 5.41) is 8.17. The van der Waals surface area contributed by atoms with E-state index >= 15 is 0 Å². The highest BCUT2D eigenvalue weighted by molar-refractivity contribution is 7.46. The van der Waals surface area contributed by atoms with E-state index in [1.807, 2.05) is 0 Å². The number of carbonyl (C=O) groups is 1. The van der Waals surface area contributed by atoms with Gasteiger partial charge in [-0.25, -0.2) is 9.36 Å². The Hall–Kier alpha value is -0.840. The first-order chi connectivity index (χ1) is 4.33. The van der Waals surface area contributed by atoms with E-state index in [2.05, 4.69) is 11.1 Å². The molecule has 0 aromatic rings. The zero-order valence-corrected chi connectivity index (χ0v) is 5.62. The number of hydrogen-bond acceptors (Lipinski definition) is 4. The maximum Gasteiger partial charge on any atom is 0.527 e. The van der Waals surface area contributed by atoms with E-state index in [0.29, 0.717) is 0 Å². The average molecular weight is 168 g/mol. The lowest BCUT2D eigenvalue weighted by molar-refractivity contribution is -0.134. The molecule has 0 unspecified atom stereocenters. The van der Waals surface area contributed by atoms with Crippen molar-refractivity contribution in [1.29, 1.82) is 0 Å². The fraction of sp³-hybridized carbons (Fsp3) is 0. The van der Waals surface area contributed by atoms with Crippen LogP contribution in [0.3, 0.4) is 0 Å².